The molecule has 0 saturated carbocycles. The first-order chi connectivity index (χ1) is 15.6. The third-order valence-corrected chi connectivity index (χ3v) is 5.99. The van der Waals surface area contributed by atoms with Crippen LogP contribution in [0.3, 0.4) is 0 Å². The standard InChI is InChI=1S/C23H34N4O5S/c1-14(2)11-17(25-20(28)16(24)13-33)21(29)26-18(12-15-7-4-3-5-8-15)22(30)27-10-6-9-19(27)23(31)32/h3-5,7-8,14,16-19,33H,6,9-13,24H2,1-2H3,(H,25,28)(H,26,29)(H,31,32). The van der Waals surface area contributed by atoms with Crippen LogP contribution in [0.2, 0.25) is 0 Å². The molecular formula is C23H34N4O5S. The molecule has 5 N–H and O–H groups in total. The number of hydrogen-bond acceptors (Lipinski definition) is 6. The second-order valence-electron chi connectivity index (χ2n) is 8.76. The van der Waals surface area contributed by atoms with Gasteiger partial charge in [-0.2, -0.15) is 12.6 Å². The number of nitrogens with zero attached hydrogens (tertiary/aromatic N) is 1. The Morgan fingerprint density at radius 3 is 2.33 bits per heavy atom. The maximum atomic E-state index is 13.4. The van der Waals surface area contributed by atoms with Crippen LogP contribution in [0.5, 0.6) is 0 Å². The lowest BCUT2D eigenvalue weighted by atomic mass is 10.0. The normalized spacial score (nSPS) is 18.5. The highest BCUT2D eigenvalue weighted by Crippen LogP contribution is 2.20. The molecule has 1 fully saturated rings. The highest BCUT2D eigenvalue weighted by molar-refractivity contribution is 7.80. The third-order valence-electron chi connectivity index (χ3n) is 5.59. The molecule has 4 unspecified atom stereocenters. The molecule has 0 aliphatic carbocycles. The van der Waals surface area contributed by atoms with Crippen LogP contribution < -0.4 is 16.4 Å². The van der Waals surface area contributed by atoms with E-state index in [0.717, 1.165) is 5.56 Å². The van der Waals surface area contributed by atoms with Crippen molar-refractivity contribution in [3.63, 3.8) is 0 Å². The lowest BCUT2D eigenvalue weighted by molar-refractivity contribution is -0.149. The zero-order valence-electron chi connectivity index (χ0n) is 19.1. The molecule has 33 heavy (non-hydrogen) atoms. The molecule has 0 spiro atoms. The number of nitrogens with one attached hydrogen (secondary N) is 2. The van der Waals surface area contributed by atoms with Gasteiger partial charge in [0.1, 0.15) is 18.1 Å². The van der Waals surface area contributed by atoms with Crippen molar-refractivity contribution in [3.05, 3.63) is 35.9 Å². The van der Waals surface area contributed by atoms with Crippen LogP contribution in [-0.2, 0) is 25.6 Å². The van der Waals surface area contributed by atoms with E-state index in [1.54, 1.807) is 0 Å². The van der Waals surface area contributed by atoms with Crippen molar-refractivity contribution in [2.24, 2.45) is 11.7 Å². The van der Waals surface area contributed by atoms with Gasteiger partial charge in [-0.25, -0.2) is 4.79 Å². The Morgan fingerprint density at radius 1 is 1.12 bits per heavy atom. The van der Waals surface area contributed by atoms with Crippen molar-refractivity contribution in [2.75, 3.05) is 12.3 Å². The van der Waals surface area contributed by atoms with Gasteiger partial charge in [0.05, 0.1) is 6.04 Å². The smallest absolute Gasteiger partial charge is 0.326 e. The molecule has 1 aromatic rings. The number of amides is 3. The van der Waals surface area contributed by atoms with Crippen LogP contribution in [-0.4, -0.2) is 70.2 Å². The summed E-state index contributed by atoms with van der Waals surface area (Å²) in [6.07, 6.45) is 1.51. The lowest BCUT2D eigenvalue weighted by Gasteiger charge is -2.29. The predicted octanol–water partition coefficient (Wildman–Crippen LogP) is 0.578. The summed E-state index contributed by atoms with van der Waals surface area (Å²) in [6, 6.07) is 5.55. The van der Waals surface area contributed by atoms with Crippen molar-refractivity contribution in [1.29, 1.82) is 0 Å². The maximum Gasteiger partial charge on any atom is 0.326 e. The second-order valence-corrected chi connectivity index (χ2v) is 9.12. The Kier molecular flexibility index (Phi) is 10.2. The molecule has 1 heterocycles. The fraction of sp³-hybridized carbons (Fsp3) is 0.565. The average Bonchev–Trinajstić information content (AvgIpc) is 3.27. The average molecular weight is 479 g/mol. The van der Waals surface area contributed by atoms with Crippen molar-refractivity contribution in [3.8, 4) is 0 Å². The minimum absolute atomic E-state index is 0.0894. The van der Waals surface area contributed by atoms with E-state index in [1.807, 2.05) is 44.2 Å². The highest BCUT2D eigenvalue weighted by Gasteiger charge is 2.38. The first-order valence-corrected chi connectivity index (χ1v) is 11.8. The molecule has 3 amide bonds. The van der Waals surface area contributed by atoms with Gasteiger partial charge < -0.3 is 26.4 Å². The summed E-state index contributed by atoms with van der Waals surface area (Å²) >= 11 is 4.03. The molecule has 10 heteroatoms. The Hall–Kier alpha value is -2.59. The summed E-state index contributed by atoms with van der Waals surface area (Å²) in [6.45, 7) is 4.15. The van der Waals surface area contributed by atoms with Crippen LogP contribution in [0.15, 0.2) is 30.3 Å². The van der Waals surface area contributed by atoms with Crippen LogP contribution in [0, 0.1) is 5.92 Å². The minimum atomic E-state index is -1.06. The van der Waals surface area contributed by atoms with Crippen molar-refractivity contribution in [2.45, 2.75) is 63.7 Å². The molecule has 1 aromatic carbocycles. The second kappa shape index (κ2) is 12.6. The number of likely N-dealkylation sites (tertiary alicyclic amines) is 1. The summed E-state index contributed by atoms with van der Waals surface area (Å²) in [7, 11) is 0. The van der Waals surface area contributed by atoms with Gasteiger partial charge in [0, 0.05) is 18.7 Å². The van der Waals surface area contributed by atoms with E-state index in [2.05, 4.69) is 23.3 Å². The van der Waals surface area contributed by atoms with Crippen LogP contribution in [0.4, 0.5) is 0 Å². The number of carboxylic acid groups (broad SMARTS) is 1. The quantitative estimate of drug-likeness (QED) is 0.295. The van der Waals surface area contributed by atoms with Gasteiger partial charge in [-0.1, -0.05) is 44.2 Å². The number of rotatable bonds is 11. The molecular weight excluding hydrogens is 444 g/mol. The highest BCUT2D eigenvalue weighted by atomic mass is 32.1. The number of aliphatic carboxylic acids is 1. The summed E-state index contributed by atoms with van der Waals surface area (Å²) in [5.41, 5.74) is 6.56. The molecule has 0 bridgehead atoms. The molecule has 4 atom stereocenters. The Bertz CT molecular complexity index is 835. The molecule has 9 nitrogen and oxygen atoms in total. The number of carbonyl (C=O) groups excluding carboxylic acids is 3. The van der Waals surface area contributed by atoms with E-state index in [1.165, 1.54) is 4.90 Å². The van der Waals surface area contributed by atoms with Gasteiger partial charge in [-0.05, 0) is 30.7 Å². The summed E-state index contributed by atoms with van der Waals surface area (Å²) < 4.78 is 0. The van der Waals surface area contributed by atoms with E-state index >= 15 is 0 Å². The lowest BCUT2D eigenvalue weighted by Crippen LogP contribution is -2.58. The number of hydrogen-bond donors (Lipinski definition) is 5. The summed E-state index contributed by atoms with van der Waals surface area (Å²) in [4.78, 5) is 51.8. The monoisotopic (exact) mass is 478 g/mol. The van der Waals surface area contributed by atoms with E-state index in [0.29, 0.717) is 25.8 Å². The van der Waals surface area contributed by atoms with Crippen molar-refractivity contribution in [1.82, 2.24) is 15.5 Å². The molecule has 182 valence electrons. The first kappa shape index (κ1) is 26.7. The number of nitrogens with two attached hydrogens (primary N) is 1. The minimum Gasteiger partial charge on any atom is -0.480 e. The largest absolute Gasteiger partial charge is 0.480 e. The van der Waals surface area contributed by atoms with Gasteiger partial charge in [0.2, 0.25) is 17.7 Å². The topological polar surface area (TPSA) is 142 Å². The molecule has 1 aliphatic rings. The maximum absolute atomic E-state index is 13.4. The van der Waals surface area contributed by atoms with E-state index in [-0.39, 0.29) is 18.1 Å². The number of carbonyl (C=O) groups is 4. The molecule has 1 saturated heterocycles. The Balaban J connectivity index is 2.25. The zero-order valence-corrected chi connectivity index (χ0v) is 20.0. The number of carboxylic acids is 1. The third kappa shape index (κ3) is 7.75. The molecule has 1 aliphatic heterocycles. The molecule has 2 rings (SSSR count). The molecule has 0 radical (unpaired) electrons. The van der Waals surface area contributed by atoms with Gasteiger partial charge in [-0.3, -0.25) is 14.4 Å². The van der Waals surface area contributed by atoms with Gasteiger partial charge in [0.25, 0.3) is 0 Å². The molecule has 0 aromatic heterocycles. The summed E-state index contributed by atoms with van der Waals surface area (Å²) in [5, 5.41) is 14.9. The van der Waals surface area contributed by atoms with E-state index < -0.39 is 47.9 Å². The number of benzene rings is 1. The summed E-state index contributed by atoms with van der Waals surface area (Å²) in [5.74, 6) is -2.30. The van der Waals surface area contributed by atoms with E-state index in [4.69, 9.17) is 5.73 Å². The van der Waals surface area contributed by atoms with Crippen LogP contribution in [0.25, 0.3) is 0 Å². The van der Waals surface area contributed by atoms with Gasteiger partial charge >= 0.3 is 5.97 Å². The SMILES string of the molecule is CC(C)CC(NC(=O)C(N)CS)C(=O)NC(Cc1ccccc1)C(=O)N1CCCC1C(=O)O. The van der Waals surface area contributed by atoms with E-state index in [9.17, 15) is 24.3 Å². The fourth-order valence-corrected chi connectivity index (χ4v) is 4.04. The van der Waals surface area contributed by atoms with Crippen LogP contribution >= 0.6 is 12.6 Å². The zero-order chi connectivity index (χ0) is 24.5. The van der Waals surface area contributed by atoms with Crippen LogP contribution in [0.1, 0.15) is 38.7 Å². The van der Waals surface area contributed by atoms with Gasteiger partial charge in [0.15, 0.2) is 0 Å². The first-order valence-electron chi connectivity index (χ1n) is 11.2. The fourth-order valence-electron chi connectivity index (χ4n) is 3.87. The number of thiol groups is 1. The Labute approximate surface area is 199 Å². The van der Waals surface area contributed by atoms with Gasteiger partial charge in [-0.15, -0.1) is 0 Å². The van der Waals surface area contributed by atoms with Crippen molar-refractivity contribution >= 4 is 36.3 Å². The predicted molar refractivity (Wildman–Crippen MR) is 128 cm³/mol. The Morgan fingerprint density at radius 2 is 1.76 bits per heavy atom. The van der Waals surface area contributed by atoms with Crippen molar-refractivity contribution < 1.29 is 24.3 Å².